The lowest BCUT2D eigenvalue weighted by Crippen LogP contribution is -2.11. The number of benzene rings is 1. The van der Waals surface area contributed by atoms with Gasteiger partial charge in [0.25, 0.3) is 5.56 Å². The molecule has 6 heteroatoms. The SMILES string of the molecule is CCn1cc(-c2nc(-c3ccccc3)c(Br)c(=O)[nH]2)cn1. The van der Waals surface area contributed by atoms with E-state index in [1.54, 1.807) is 10.9 Å². The van der Waals surface area contributed by atoms with Crippen LogP contribution in [0.1, 0.15) is 6.92 Å². The second kappa shape index (κ2) is 5.65. The lowest BCUT2D eigenvalue weighted by Gasteiger charge is -2.05. The minimum atomic E-state index is -0.205. The Morgan fingerprint density at radius 1 is 1.24 bits per heavy atom. The van der Waals surface area contributed by atoms with Crippen LogP contribution < -0.4 is 5.56 Å². The van der Waals surface area contributed by atoms with Gasteiger partial charge in [-0.25, -0.2) is 4.98 Å². The van der Waals surface area contributed by atoms with Crippen LogP contribution in [0.5, 0.6) is 0 Å². The topological polar surface area (TPSA) is 63.6 Å². The standard InChI is InChI=1S/C15H13BrN4O/c1-2-20-9-11(8-17-20)14-18-13(12(16)15(21)19-14)10-6-4-3-5-7-10/h3-9H,2H2,1H3,(H,18,19,21). The Bertz CT molecular complexity index is 823. The van der Waals surface area contributed by atoms with Gasteiger partial charge in [-0.1, -0.05) is 30.3 Å². The number of nitrogens with one attached hydrogen (secondary N) is 1. The molecule has 0 saturated carbocycles. The summed E-state index contributed by atoms with van der Waals surface area (Å²) in [5.74, 6) is 0.516. The third-order valence-corrected chi connectivity index (χ3v) is 3.88. The highest BCUT2D eigenvalue weighted by Crippen LogP contribution is 2.25. The number of halogens is 1. The Labute approximate surface area is 129 Å². The van der Waals surface area contributed by atoms with E-state index in [9.17, 15) is 4.79 Å². The minimum Gasteiger partial charge on any atom is -0.305 e. The van der Waals surface area contributed by atoms with E-state index in [0.29, 0.717) is 16.0 Å². The van der Waals surface area contributed by atoms with Gasteiger partial charge >= 0.3 is 0 Å². The molecule has 106 valence electrons. The van der Waals surface area contributed by atoms with Crippen molar-refractivity contribution < 1.29 is 0 Å². The van der Waals surface area contributed by atoms with E-state index in [2.05, 4.69) is 31.0 Å². The number of rotatable bonds is 3. The molecule has 0 fully saturated rings. The number of aromatic nitrogens is 4. The summed E-state index contributed by atoms with van der Waals surface area (Å²) in [5, 5.41) is 4.21. The van der Waals surface area contributed by atoms with Crippen LogP contribution in [0.2, 0.25) is 0 Å². The van der Waals surface area contributed by atoms with Crippen LogP contribution in [-0.2, 0) is 6.54 Å². The molecule has 0 aliphatic rings. The van der Waals surface area contributed by atoms with Crippen LogP contribution in [-0.4, -0.2) is 19.7 Å². The first kappa shape index (κ1) is 13.8. The van der Waals surface area contributed by atoms with E-state index < -0.39 is 0 Å². The number of hydrogen-bond donors (Lipinski definition) is 1. The van der Waals surface area contributed by atoms with Gasteiger partial charge in [-0.2, -0.15) is 5.10 Å². The molecule has 0 radical (unpaired) electrons. The number of aromatic amines is 1. The molecule has 0 spiro atoms. The highest BCUT2D eigenvalue weighted by molar-refractivity contribution is 9.10. The molecule has 21 heavy (non-hydrogen) atoms. The van der Waals surface area contributed by atoms with Gasteiger partial charge in [0.15, 0.2) is 0 Å². The number of hydrogen-bond acceptors (Lipinski definition) is 3. The fourth-order valence-electron chi connectivity index (χ4n) is 2.04. The first-order chi connectivity index (χ1) is 10.2. The van der Waals surface area contributed by atoms with E-state index in [1.807, 2.05) is 43.5 Å². The zero-order valence-corrected chi connectivity index (χ0v) is 13.0. The predicted molar refractivity (Wildman–Crippen MR) is 84.9 cm³/mol. The van der Waals surface area contributed by atoms with Crippen molar-refractivity contribution in [2.75, 3.05) is 0 Å². The van der Waals surface area contributed by atoms with Gasteiger partial charge in [0.05, 0.1) is 17.5 Å². The minimum absolute atomic E-state index is 0.205. The quantitative estimate of drug-likeness (QED) is 0.793. The van der Waals surface area contributed by atoms with Crippen LogP contribution in [0.4, 0.5) is 0 Å². The maximum absolute atomic E-state index is 12.1. The highest BCUT2D eigenvalue weighted by Gasteiger charge is 2.13. The third-order valence-electron chi connectivity index (χ3n) is 3.14. The molecule has 0 aliphatic carbocycles. The first-order valence-electron chi connectivity index (χ1n) is 6.57. The molecular formula is C15H13BrN4O. The van der Waals surface area contributed by atoms with Crippen molar-refractivity contribution in [3.05, 3.63) is 57.6 Å². The molecule has 0 amide bonds. The molecule has 1 N–H and O–H groups in total. The van der Waals surface area contributed by atoms with Crippen LogP contribution in [0, 0.1) is 0 Å². The Kier molecular flexibility index (Phi) is 3.70. The van der Waals surface area contributed by atoms with Crippen LogP contribution in [0.25, 0.3) is 22.6 Å². The molecule has 3 rings (SSSR count). The van der Waals surface area contributed by atoms with Crippen molar-refractivity contribution in [3.63, 3.8) is 0 Å². The number of aryl methyl sites for hydroxylation is 1. The average Bonchev–Trinajstić information content (AvgIpc) is 3.00. The van der Waals surface area contributed by atoms with E-state index in [4.69, 9.17) is 0 Å². The van der Waals surface area contributed by atoms with Crippen molar-refractivity contribution in [2.45, 2.75) is 13.5 Å². The van der Waals surface area contributed by atoms with E-state index in [0.717, 1.165) is 17.7 Å². The molecule has 0 aliphatic heterocycles. The molecule has 0 atom stereocenters. The average molecular weight is 345 g/mol. The van der Waals surface area contributed by atoms with Gasteiger partial charge in [0.2, 0.25) is 0 Å². The summed E-state index contributed by atoms with van der Waals surface area (Å²) in [4.78, 5) is 19.5. The molecule has 0 saturated heterocycles. The second-order valence-electron chi connectivity index (χ2n) is 4.53. The summed E-state index contributed by atoms with van der Waals surface area (Å²) >= 11 is 3.32. The fourth-order valence-corrected chi connectivity index (χ4v) is 2.46. The highest BCUT2D eigenvalue weighted by atomic mass is 79.9. The van der Waals surface area contributed by atoms with Crippen molar-refractivity contribution in [1.82, 2.24) is 19.7 Å². The summed E-state index contributed by atoms with van der Waals surface area (Å²) < 4.78 is 2.22. The summed E-state index contributed by atoms with van der Waals surface area (Å²) in [6, 6.07) is 9.60. The largest absolute Gasteiger partial charge is 0.305 e. The van der Waals surface area contributed by atoms with E-state index >= 15 is 0 Å². The van der Waals surface area contributed by atoms with Gasteiger partial charge in [-0.3, -0.25) is 9.48 Å². The van der Waals surface area contributed by atoms with Gasteiger partial charge < -0.3 is 4.98 Å². The first-order valence-corrected chi connectivity index (χ1v) is 7.36. The predicted octanol–water partition coefficient (Wildman–Crippen LogP) is 3.08. The molecule has 3 aromatic rings. The van der Waals surface area contributed by atoms with Crippen LogP contribution >= 0.6 is 15.9 Å². The van der Waals surface area contributed by atoms with Gasteiger partial charge in [-0.15, -0.1) is 0 Å². The monoisotopic (exact) mass is 344 g/mol. The molecule has 0 bridgehead atoms. The van der Waals surface area contributed by atoms with Gasteiger partial charge in [0.1, 0.15) is 10.3 Å². The maximum atomic E-state index is 12.1. The Balaban J connectivity index is 2.16. The maximum Gasteiger partial charge on any atom is 0.266 e. The molecule has 0 unspecified atom stereocenters. The van der Waals surface area contributed by atoms with Crippen molar-refractivity contribution >= 4 is 15.9 Å². The summed E-state index contributed by atoms with van der Waals surface area (Å²) in [6.45, 7) is 2.77. The van der Waals surface area contributed by atoms with Crippen LogP contribution in [0.3, 0.4) is 0 Å². The number of H-pyrrole nitrogens is 1. The van der Waals surface area contributed by atoms with Crippen molar-refractivity contribution in [2.24, 2.45) is 0 Å². The van der Waals surface area contributed by atoms with Crippen molar-refractivity contribution in [3.8, 4) is 22.6 Å². The lowest BCUT2D eigenvalue weighted by molar-refractivity contribution is 0.660. The van der Waals surface area contributed by atoms with E-state index in [-0.39, 0.29) is 5.56 Å². The third kappa shape index (κ3) is 2.67. The van der Waals surface area contributed by atoms with Crippen LogP contribution in [0.15, 0.2) is 52.0 Å². The molecule has 5 nitrogen and oxygen atoms in total. The summed E-state index contributed by atoms with van der Waals surface area (Å²) in [6.07, 6.45) is 3.56. The zero-order chi connectivity index (χ0) is 14.8. The van der Waals surface area contributed by atoms with Gasteiger partial charge in [-0.05, 0) is 22.9 Å². The van der Waals surface area contributed by atoms with Gasteiger partial charge in [0, 0.05) is 18.3 Å². The Hall–Kier alpha value is -2.21. The molecular weight excluding hydrogens is 332 g/mol. The molecule has 1 aromatic carbocycles. The molecule has 2 heterocycles. The zero-order valence-electron chi connectivity index (χ0n) is 11.4. The molecule has 2 aromatic heterocycles. The Morgan fingerprint density at radius 2 is 2.00 bits per heavy atom. The summed E-state index contributed by atoms with van der Waals surface area (Å²) in [5.41, 5.74) is 2.10. The normalized spacial score (nSPS) is 10.8. The number of nitrogens with zero attached hydrogens (tertiary/aromatic N) is 3. The lowest BCUT2D eigenvalue weighted by atomic mass is 10.1. The second-order valence-corrected chi connectivity index (χ2v) is 5.32. The van der Waals surface area contributed by atoms with E-state index in [1.165, 1.54) is 0 Å². The summed E-state index contributed by atoms with van der Waals surface area (Å²) in [7, 11) is 0. The van der Waals surface area contributed by atoms with Crippen molar-refractivity contribution in [1.29, 1.82) is 0 Å². The fraction of sp³-hybridized carbons (Fsp3) is 0.133. The smallest absolute Gasteiger partial charge is 0.266 e. The Morgan fingerprint density at radius 3 is 2.67 bits per heavy atom.